The quantitative estimate of drug-likeness (QED) is 0.484. The fourth-order valence-corrected chi connectivity index (χ4v) is 5.65. The number of rotatable bonds is 8. The van der Waals surface area contributed by atoms with Crippen LogP contribution in [0.1, 0.15) is 46.7 Å². The van der Waals surface area contributed by atoms with Gasteiger partial charge in [0.05, 0.1) is 31.0 Å². The van der Waals surface area contributed by atoms with Crippen molar-refractivity contribution >= 4 is 17.3 Å². The van der Waals surface area contributed by atoms with Crippen molar-refractivity contribution in [2.45, 2.75) is 38.9 Å². The summed E-state index contributed by atoms with van der Waals surface area (Å²) in [5.41, 5.74) is 6.03. The van der Waals surface area contributed by atoms with Crippen LogP contribution in [0.2, 0.25) is 0 Å². The maximum atomic E-state index is 5.89. The Labute approximate surface area is 213 Å². The van der Waals surface area contributed by atoms with Gasteiger partial charge < -0.3 is 19.5 Å². The minimum atomic E-state index is 0.0134. The molecule has 2 saturated heterocycles. The van der Waals surface area contributed by atoms with Gasteiger partial charge in [-0.05, 0) is 67.9 Å². The number of thiocarbonyl (C=S) groups is 1. The average molecular weight is 491 g/mol. The van der Waals surface area contributed by atoms with E-state index in [4.69, 9.17) is 21.9 Å². The molecule has 0 spiro atoms. The van der Waals surface area contributed by atoms with E-state index >= 15 is 0 Å². The first kappa shape index (κ1) is 23.9. The molecule has 3 aromatic heterocycles. The van der Waals surface area contributed by atoms with E-state index in [1.807, 2.05) is 30.7 Å². The monoisotopic (exact) mass is 490 g/mol. The molecular weight excluding hydrogens is 456 g/mol. The molecule has 0 amide bonds. The first-order valence-corrected chi connectivity index (χ1v) is 12.9. The normalized spacial score (nSPS) is 20.9. The average Bonchev–Trinajstić information content (AvgIpc) is 3.36. The standard InChI is InChI=1S/C27H34N6OS/c1-20-17-23(21(2)33(20)19-22-7-5-9-28-18-22)26-25(24-8-3-4-10-29-24)30-27(35)32(26)12-6-11-31-13-15-34-16-14-31/h3-5,7-10,17-18,25-26H,6,11-16,19H2,1-2H3,(H,30,35)/t25-,26+/m0/s1. The molecule has 8 heteroatoms. The zero-order valence-electron chi connectivity index (χ0n) is 20.6. The molecule has 0 unspecified atom stereocenters. The lowest BCUT2D eigenvalue weighted by atomic mass is 9.96. The van der Waals surface area contributed by atoms with Gasteiger partial charge in [0, 0.05) is 62.7 Å². The number of nitrogens with zero attached hydrogens (tertiary/aromatic N) is 5. The lowest BCUT2D eigenvalue weighted by Gasteiger charge is -2.30. The molecule has 2 aliphatic heterocycles. The van der Waals surface area contributed by atoms with Gasteiger partial charge >= 0.3 is 0 Å². The van der Waals surface area contributed by atoms with Crippen LogP contribution in [-0.2, 0) is 11.3 Å². The molecule has 0 saturated carbocycles. The van der Waals surface area contributed by atoms with Gasteiger partial charge in [0.15, 0.2) is 5.11 Å². The highest BCUT2D eigenvalue weighted by molar-refractivity contribution is 7.80. The molecule has 0 bridgehead atoms. The zero-order valence-corrected chi connectivity index (χ0v) is 21.4. The number of hydrogen-bond acceptors (Lipinski definition) is 5. The van der Waals surface area contributed by atoms with Gasteiger partial charge in [-0.3, -0.25) is 14.9 Å². The number of aromatic nitrogens is 3. The van der Waals surface area contributed by atoms with E-state index in [1.54, 1.807) is 0 Å². The SMILES string of the molecule is Cc1cc([C@@H]2[C@H](c3ccccn3)NC(=S)N2CCCN2CCOCC2)c(C)n1Cc1cccnc1. The van der Waals surface area contributed by atoms with Crippen LogP contribution in [0, 0.1) is 13.8 Å². The molecule has 184 valence electrons. The van der Waals surface area contributed by atoms with E-state index in [9.17, 15) is 0 Å². The highest BCUT2D eigenvalue weighted by atomic mass is 32.1. The molecule has 5 rings (SSSR count). The predicted octanol–water partition coefficient (Wildman–Crippen LogP) is 3.64. The van der Waals surface area contributed by atoms with Crippen LogP contribution in [0.15, 0.2) is 55.0 Å². The van der Waals surface area contributed by atoms with Crippen molar-refractivity contribution in [2.24, 2.45) is 0 Å². The molecule has 0 aliphatic carbocycles. The summed E-state index contributed by atoms with van der Waals surface area (Å²) < 4.78 is 7.89. The van der Waals surface area contributed by atoms with Crippen LogP contribution in [0.3, 0.4) is 0 Å². The molecule has 35 heavy (non-hydrogen) atoms. The number of nitrogens with one attached hydrogen (secondary N) is 1. The molecule has 2 fully saturated rings. The number of pyridine rings is 2. The highest BCUT2D eigenvalue weighted by Gasteiger charge is 2.41. The van der Waals surface area contributed by atoms with E-state index in [2.05, 4.69) is 62.8 Å². The Hall–Kier alpha value is -2.81. The first-order valence-electron chi connectivity index (χ1n) is 12.5. The fraction of sp³-hybridized carbons (Fsp3) is 0.444. The lowest BCUT2D eigenvalue weighted by Crippen LogP contribution is -2.39. The van der Waals surface area contributed by atoms with Crippen molar-refractivity contribution in [3.05, 3.63) is 83.2 Å². The van der Waals surface area contributed by atoms with Gasteiger partial charge in [-0.2, -0.15) is 0 Å². The summed E-state index contributed by atoms with van der Waals surface area (Å²) in [5, 5.41) is 4.41. The van der Waals surface area contributed by atoms with Gasteiger partial charge in [0.1, 0.15) is 0 Å². The highest BCUT2D eigenvalue weighted by Crippen LogP contribution is 2.41. The molecule has 0 radical (unpaired) electrons. The predicted molar refractivity (Wildman–Crippen MR) is 141 cm³/mol. The Bertz CT molecular complexity index is 1130. The second-order valence-electron chi connectivity index (χ2n) is 9.40. The fourth-order valence-electron chi connectivity index (χ4n) is 5.32. The van der Waals surface area contributed by atoms with Crippen molar-refractivity contribution in [3.8, 4) is 0 Å². The summed E-state index contributed by atoms with van der Waals surface area (Å²) in [4.78, 5) is 13.9. The van der Waals surface area contributed by atoms with E-state index in [0.29, 0.717) is 0 Å². The Kier molecular flexibility index (Phi) is 7.41. The van der Waals surface area contributed by atoms with Gasteiger partial charge in [0.25, 0.3) is 0 Å². The smallest absolute Gasteiger partial charge is 0.170 e. The second kappa shape index (κ2) is 10.8. The number of hydrogen-bond donors (Lipinski definition) is 1. The minimum Gasteiger partial charge on any atom is -0.379 e. The van der Waals surface area contributed by atoms with E-state index in [1.165, 1.54) is 22.5 Å². The summed E-state index contributed by atoms with van der Waals surface area (Å²) in [5.74, 6) is 0. The minimum absolute atomic E-state index is 0.0134. The number of morpholine rings is 1. The third-order valence-corrected chi connectivity index (χ3v) is 7.52. The van der Waals surface area contributed by atoms with Crippen LogP contribution in [0.5, 0.6) is 0 Å². The molecule has 1 N–H and O–H groups in total. The van der Waals surface area contributed by atoms with Crippen molar-refractivity contribution in [3.63, 3.8) is 0 Å². The molecular formula is C27H34N6OS. The number of aryl methyl sites for hydroxylation is 1. The van der Waals surface area contributed by atoms with Crippen molar-refractivity contribution < 1.29 is 4.74 Å². The first-order chi connectivity index (χ1) is 17.1. The third kappa shape index (κ3) is 5.24. The van der Waals surface area contributed by atoms with Crippen LogP contribution in [0.25, 0.3) is 0 Å². The van der Waals surface area contributed by atoms with Gasteiger partial charge in [-0.1, -0.05) is 12.1 Å². The Morgan fingerprint density at radius 2 is 1.94 bits per heavy atom. The van der Waals surface area contributed by atoms with Crippen LogP contribution in [-0.4, -0.2) is 68.8 Å². The van der Waals surface area contributed by atoms with Crippen LogP contribution in [0.4, 0.5) is 0 Å². The maximum absolute atomic E-state index is 5.89. The summed E-state index contributed by atoms with van der Waals surface area (Å²) in [6.07, 6.45) is 6.69. The van der Waals surface area contributed by atoms with Crippen LogP contribution < -0.4 is 5.32 Å². The molecule has 0 aromatic carbocycles. The van der Waals surface area contributed by atoms with Crippen LogP contribution >= 0.6 is 12.2 Å². The summed E-state index contributed by atoms with van der Waals surface area (Å²) in [7, 11) is 0. The van der Waals surface area contributed by atoms with Crippen molar-refractivity contribution in [1.29, 1.82) is 0 Å². The van der Waals surface area contributed by atoms with Gasteiger partial charge in [0.2, 0.25) is 0 Å². The summed E-state index contributed by atoms with van der Waals surface area (Å²) in [6.45, 7) is 10.9. The summed E-state index contributed by atoms with van der Waals surface area (Å²) in [6, 6.07) is 12.7. The maximum Gasteiger partial charge on any atom is 0.170 e. The van der Waals surface area contributed by atoms with Gasteiger partial charge in [-0.25, -0.2) is 0 Å². The van der Waals surface area contributed by atoms with Gasteiger partial charge in [-0.15, -0.1) is 0 Å². The molecule has 3 aromatic rings. The Morgan fingerprint density at radius 1 is 1.09 bits per heavy atom. The lowest BCUT2D eigenvalue weighted by molar-refractivity contribution is 0.0365. The molecule has 2 atom stereocenters. The van der Waals surface area contributed by atoms with E-state index in [0.717, 1.165) is 63.2 Å². The van der Waals surface area contributed by atoms with Crippen molar-refractivity contribution in [1.82, 2.24) is 29.7 Å². The van der Waals surface area contributed by atoms with E-state index < -0.39 is 0 Å². The topological polar surface area (TPSA) is 58.5 Å². The summed E-state index contributed by atoms with van der Waals surface area (Å²) >= 11 is 5.89. The Balaban J connectivity index is 1.43. The molecule has 7 nitrogen and oxygen atoms in total. The Morgan fingerprint density at radius 3 is 2.69 bits per heavy atom. The van der Waals surface area contributed by atoms with E-state index in [-0.39, 0.29) is 12.1 Å². The zero-order chi connectivity index (χ0) is 24.2. The second-order valence-corrected chi connectivity index (χ2v) is 9.79. The molecule has 5 heterocycles. The third-order valence-electron chi connectivity index (χ3n) is 7.17. The largest absolute Gasteiger partial charge is 0.379 e. The van der Waals surface area contributed by atoms with Crippen molar-refractivity contribution in [2.75, 3.05) is 39.4 Å². The molecule has 2 aliphatic rings. The number of ether oxygens (including phenoxy) is 1.